The van der Waals surface area contributed by atoms with E-state index in [4.69, 9.17) is 14.2 Å². The lowest BCUT2D eigenvalue weighted by molar-refractivity contribution is 0.0222. The Morgan fingerprint density at radius 3 is 2.72 bits per heavy atom. The summed E-state index contributed by atoms with van der Waals surface area (Å²) < 4.78 is 17.0. The van der Waals surface area contributed by atoms with Crippen molar-refractivity contribution in [3.63, 3.8) is 0 Å². The summed E-state index contributed by atoms with van der Waals surface area (Å²) in [5.74, 6) is 1.61. The van der Waals surface area contributed by atoms with Crippen molar-refractivity contribution in [3.05, 3.63) is 59.5 Å². The fraction of sp³-hybridized carbons (Fsp3) is 0.414. The number of ether oxygens (including phenoxy) is 3. The summed E-state index contributed by atoms with van der Waals surface area (Å²) in [6.07, 6.45) is 5.41. The van der Waals surface area contributed by atoms with Crippen LogP contribution in [0.5, 0.6) is 5.75 Å². The van der Waals surface area contributed by atoms with E-state index in [1.165, 1.54) is 0 Å². The molecule has 0 unspecified atom stereocenters. The topological polar surface area (TPSA) is 122 Å². The lowest BCUT2D eigenvalue weighted by Crippen LogP contribution is -2.40. The molecule has 0 aliphatic carbocycles. The Kier molecular flexibility index (Phi) is 7.61. The third-order valence-corrected chi connectivity index (χ3v) is 6.48. The van der Waals surface area contributed by atoms with Crippen molar-refractivity contribution in [2.75, 3.05) is 25.1 Å². The molecule has 0 saturated carbocycles. The van der Waals surface area contributed by atoms with Crippen LogP contribution in [0.4, 0.5) is 16.6 Å². The number of aromatic nitrogens is 3. The van der Waals surface area contributed by atoms with Crippen molar-refractivity contribution >= 4 is 17.9 Å². The Morgan fingerprint density at radius 2 is 1.95 bits per heavy atom. The van der Waals surface area contributed by atoms with E-state index in [0.29, 0.717) is 55.8 Å². The van der Waals surface area contributed by atoms with Gasteiger partial charge in [0.05, 0.1) is 31.0 Å². The fourth-order valence-corrected chi connectivity index (χ4v) is 4.52. The molecular formula is C29H32N6O4. The van der Waals surface area contributed by atoms with E-state index in [1.54, 1.807) is 17.3 Å². The number of nitrogens with zero attached hydrogens (tertiary/aromatic N) is 5. The Bertz CT molecular complexity index is 1390. The van der Waals surface area contributed by atoms with Crippen molar-refractivity contribution < 1.29 is 19.0 Å². The first-order valence-corrected chi connectivity index (χ1v) is 13.1. The van der Waals surface area contributed by atoms with E-state index < -0.39 is 5.60 Å². The van der Waals surface area contributed by atoms with E-state index in [2.05, 4.69) is 26.3 Å². The molecule has 39 heavy (non-hydrogen) atoms. The van der Waals surface area contributed by atoms with Crippen LogP contribution in [0.1, 0.15) is 50.4 Å². The Labute approximate surface area is 228 Å². The number of rotatable bonds is 5. The first-order valence-electron chi connectivity index (χ1n) is 13.1. The Balaban J connectivity index is 1.27. The lowest BCUT2D eigenvalue weighted by atomic mass is 10.0. The molecule has 2 aromatic heterocycles. The minimum atomic E-state index is -0.542. The second-order valence-electron chi connectivity index (χ2n) is 10.6. The molecular weight excluding hydrogens is 496 g/mol. The highest BCUT2D eigenvalue weighted by Gasteiger charge is 2.27. The molecule has 0 bridgehead atoms. The Hall–Kier alpha value is -4.23. The number of carbonyl (C=O) groups is 1. The quantitative estimate of drug-likeness (QED) is 0.487. The first kappa shape index (κ1) is 26.4. The van der Waals surface area contributed by atoms with Crippen LogP contribution in [-0.4, -0.2) is 57.4 Å². The summed E-state index contributed by atoms with van der Waals surface area (Å²) >= 11 is 0. The number of nitrogens with one attached hydrogen (secondary N) is 1. The summed E-state index contributed by atoms with van der Waals surface area (Å²) in [5, 5.41) is 12.9. The molecule has 3 aromatic rings. The highest BCUT2D eigenvalue weighted by atomic mass is 16.6. The van der Waals surface area contributed by atoms with Crippen LogP contribution in [0.3, 0.4) is 0 Å². The smallest absolute Gasteiger partial charge is 0.410 e. The zero-order valence-electron chi connectivity index (χ0n) is 22.4. The summed E-state index contributed by atoms with van der Waals surface area (Å²) in [6.45, 7) is 7.86. The monoisotopic (exact) mass is 528 g/mol. The van der Waals surface area contributed by atoms with Crippen LogP contribution in [0.25, 0.3) is 11.1 Å². The zero-order chi connectivity index (χ0) is 27.4. The summed E-state index contributed by atoms with van der Waals surface area (Å²) in [4.78, 5) is 27.6. The van der Waals surface area contributed by atoms with E-state index in [9.17, 15) is 10.1 Å². The van der Waals surface area contributed by atoms with Crippen molar-refractivity contribution in [3.8, 4) is 22.9 Å². The first-order chi connectivity index (χ1) is 18.8. The number of carbonyl (C=O) groups excluding carboxylic acids is 1. The fourth-order valence-electron chi connectivity index (χ4n) is 4.52. The van der Waals surface area contributed by atoms with Gasteiger partial charge < -0.3 is 24.4 Å². The standard InChI is InChI=1S/C29H32N6O4/c1-29(2,3)39-28(36)35-11-7-24-22(18-35)17-32-27(33-24)34-26-15-20(6-10-31-26)19-4-5-25(21(14-19)16-30)38-23-8-12-37-13-9-23/h4-6,10,14-15,17,23H,7-9,11-13,18H2,1-3H3,(H,31,32,33,34). The molecule has 0 spiro atoms. The highest BCUT2D eigenvalue weighted by molar-refractivity contribution is 5.70. The van der Waals surface area contributed by atoms with Crippen LogP contribution in [0.15, 0.2) is 42.7 Å². The third kappa shape index (κ3) is 6.62. The van der Waals surface area contributed by atoms with Gasteiger partial charge in [-0.3, -0.25) is 0 Å². The number of hydrogen-bond acceptors (Lipinski definition) is 9. The van der Waals surface area contributed by atoms with E-state index in [0.717, 1.165) is 35.2 Å². The molecule has 2 aliphatic rings. The van der Waals surface area contributed by atoms with Gasteiger partial charge in [-0.1, -0.05) is 6.07 Å². The predicted molar refractivity (Wildman–Crippen MR) is 145 cm³/mol. The second-order valence-corrected chi connectivity index (χ2v) is 10.6. The summed E-state index contributed by atoms with van der Waals surface area (Å²) in [5.41, 5.74) is 3.51. The van der Waals surface area contributed by atoms with Gasteiger partial charge in [-0.25, -0.2) is 19.7 Å². The molecule has 5 rings (SSSR count). The van der Waals surface area contributed by atoms with E-state index in [-0.39, 0.29) is 12.2 Å². The van der Waals surface area contributed by atoms with Crippen LogP contribution in [0.2, 0.25) is 0 Å². The molecule has 10 nitrogen and oxygen atoms in total. The molecule has 1 N–H and O–H groups in total. The molecule has 10 heteroatoms. The molecule has 1 saturated heterocycles. The summed E-state index contributed by atoms with van der Waals surface area (Å²) in [6, 6.07) is 11.7. The predicted octanol–water partition coefficient (Wildman–Crippen LogP) is 5.00. The maximum absolute atomic E-state index is 12.4. The summed E-state index contributed by atoms with van der Waals surface area (Å²) in [7, 11) is 0. The molecule has 1 fully saturated rings. The van der Waals surface area contributed by atoms with Crippen LogP contribution >= 0.6 is 0 Å². The Morgan fingerprint density at radius 1 is 1.15 bits per heavy atom. The van der Waals surface area contributed by atoms with Gasteiger partial charge in [-0.05, 0) is 56.2 Å². The molecule has 202 valence electrons. The number of pyridine rings is 1. The van der Waals surface area contributed by atoms with Gasteiger partial charge in [0.2, 0.25) is 5.95 Å². The average Bonchev–Trinajstić information content (AvgIpc) is 2.93. The van der Waals surface area contributed by atoms with Gasteiger partial charge in [-0.2, -0.15) is 5.26 Å². The van der Waals surface area contributed by atoms with Gasteiger partial charge in [0.25, 0.3) is 0 Å². The maximum Gasteiger partial charge on any atom is 0.410 e. The normalized spacial score (nSPS) is 15.7. The molecule has 1 amide bonds. The van der Waals surface area contributed by atoms with Crippen LogP contribution < -0.4 is 10.1 Å². The molecule has 2 aliphatic heterocycles. The van der Waals surface area contributed by atoms with Gasteiger partial charge >= 0.3 is 6.09 Å². The van der Waals surface area contributed by atoms with E-state index >= 15 is 0 Å². The molecule has 4 heterocycles. The minimum Gasteiger partial charge on any atom is -0.489 e. The molecule has 1 aromatic carbocycles. The van der Waals surface area contributed by atoms with Gasteiger partial charge in [-0.15, -0.1) is 0 Å². The number of anilines is 2. The van der Waals surface area contributed by atoms with Gasteiger partial charge in [0, 0.05) is 43.8 Å². The number of fused-ring (bicyclic) bond motifs is 1. The zero-order valence-corrected chi connectivity index (χ0v) is 22.4. The lowest BCUT2D eigenvalue weighted by Gasteiger charge is -2.30. The molecule has 0 radical (unpaired) electrons. The third-order valence-electron chi connectivity index (χ3n) is 6.48. The minimum absolute atomic E-state index is 0.0606. The van der Waals surface area contributed by atoms with Gasteiger partial charge in [0.1, 0.15) is 29.3 Å². The number of benzene rings is 1. The second kappa shape index (κ2) is 11.3. The highest BCUT2D eigenvalue weighted by Crippen LogP contribution is 2.30. The SMILES string of the molecule is CC(C)(C)OC(=O)N1CCc2nc(Nc3cc(-c4ccc(OC5CCOCC5)c(C#N)c4)ccn3)ncc2C1. The van der Waals surface area contributed by atoms with Crippen molar-refractivity contribution in [1.29, 1.82) is 5.26 Å². The average molecular weight is 529 g/mol. The van der Waals surface area contributed by atoms with Crippen LogP contribution in [-0.2, 0) is 22.4 Å². The van der Waals surface area contributed by atoms with Gasteiger partial charge in [0.15, 0.2) is 0 Å². The van der Waals surface area contributed by atoms with E-state index in [1.807, 2.05) is 51.1 Å². The van der Waals surface area contributed by atoms with Crippen molar-refractivity contribution in [2.45, 2.75) is 58.3 Å². The number of nitriles is 1. The largest absolute Gasteiger partial charge is 0.489 e. The molecule has 0 atom stereocenters. The number of amides is 1. The van der Waals surface area contributed by atoms with Crippen molar-refractivity contribution in [2.24, 2.45) is 0 Å². The van der Waals surface area contributed by atoms with Crippen molar-refractivity contribution in [1.82, 2.24) is 19.9 Å². The number of hydrogen-bond donors (Lipinski definition) is 1. The van der Waals surface area contributed by atoms with Crippen LogP contribution in [0, 0.1) is 11.3 Å². The maximum atomic E-state index is 12.4.